The molecule has 1 heterocycles. The van der Waals surface area contributed by atoms with Crippen molar-refractivity contribution < 1.29 is 14.3 Å². The standard InChI is InChI=1S/C14H19N2O3/c1-11(2)8-13(9-17)16(3)14(18)19-10-12-4-6-15-7-5-12/h4-7,11,13H,8,10H2,1-3H3/t13-/m0/s1. The van der Waals surface area contributed by atoms with Crippen LogP contribution in [0.25, 0.3) is 0 Å². The number of amides is 1. The highest BCUT2D eigenvalue weighted by Gasteiger charge is 2.22. The number of pyridine rings is 1. The van der Waals surface area contributed by atoms with E-state index in [0.717, 1.165) is 5.56 Å². The maximum absolute atomic E-state index is 11.8. The third kappa shape index (κ3) is 5.07. The maximum Gasteiger partial charge on any atom is 0.410 e. The molecule has 0 aliphatic heterocycles. The summed E-state index contributed by atoms with van der Waals surface area (Å²) in [7, 11) is 1.55. The van der Waals surface area contributed by atoms with Gasteiger partial charge < -0.3 is 9.64 Å². The van der Waals surface area contributed by atoms with Gasteiger partial charge >= 0.3 is 6.09 Å². The van der Waals surface area contributed by atoms with Crippen LogP contribution in [0.15, 0.2) is 24.5 Å². The fourth-order valence-electron chi connectivity index (χ4n) is 1.58. The Bertz CT molecular complexity index is 406. The third-order valence-electron chi connectivity index (χ3n) is 2.70. The summed E-state index contributed by atoms with van der Waals surface area (Å²) in [6, 6.07) is 2.97. The van der Waals surface area contributed by atoms with E-state index >= 15 is 0 Å². The molecule has 5 nitrogen and oxygen atoms in total. The lowest BCUT2D eigenvalue weighted by atomic mass is 10.0. The summed E-state index contributed by atoms with van der Waals surface area (Å²) in [6.45, 7) is 4.14. The van der Waals surface area contributed by atoms with Gasteiger partial charge in [0.2, 0.25) is 6.29 Å². The van der Waals surface area contributed by atoms with Crippen LogP contribution in [-0.4, -0.2) is 35.4 Å². The van der Waals surface area contributed by atoms with Crippen molar-refractivity contribution in [3.8, 4) is 0 Å². The highest BCUT2D eigenvalue weighted by atomic mass is 16.6. The Kier molecular flexibility index (Phi) is 5.99. The van der Waals surface area contributed by atoms with E-state index in [1.807, 2.05) is 20.1 Å². The lowest BCUT2D eigenvalue weighted by Crippen LogP contribution is -2.39. The summed E-state index contributed by atoms with van der Waals surface area (Å²) in [4.78, 5) is 27.9. The van der Waals surface area contributed by atoms with Crippen molar-refractivity contribution in [2.75, 3.05) is 7.05 Å². The SMILES string of the molecule is CC(C)C[C@@H]([C]=O)N(C)C(=O)OCc1ccncc1. The van der Waals surface area contributed by atoms with E-state index in [0.29, 0.717) is 12.3 Å². The van der Waals surface area contributed by atoms with Gasteiger partial charge in [-0.05, 0) is 30.0 Å². The molecule has 0 fully saturated rings. The first-order chi connectivity index (χ1) is 9.04. The van der Waals surface area contributed by atoms with E-state index < -0.39 is 12.1 Å². The molecule has 1 radical (unpaired) electrons. The summed E-state index contributed by atoms with van der Waals surface area (Å²) in [5, 5.41) is 0. The molecule has 1 atom stereocenters. The van der Waals surface area contributed by atoms with Gasteiger partial charge in [-0.25, -0.2) is 4.79 Å². The molecule has 0 aromatic carbocycles. The van der Waals surface area contributed by atoms with Crippen molar-refractivity contribution in [1.82, 2.24) is 9.88 Å². The van der Waals surface area contributed by atoms with Crippen LogP contribution in [0.5, 0.6) is 0 Å². The van der Waals surface area contributed by atoms with Crippen LogP contribution in [-0.2, 0) is 16.1 Å². The minimum absolute atomic E-state index is 0.166. The zero-order valence-corrected chi connectivity index (χ0v) is 11.5. The third-order valence-corrected chi connectivity index (χ3v) is 2.70. The summed E-state index contributed by atoms with van der Waals surface area (Å²) in [5.74, 6) is 0.307. The van der Waals surface area contributed by atoms with Gasteiger partial charge in [-0.3, -0.25) is 9.78 Å². The normalized spacial score (nSPS) is 12.0. The Labute approximate surface area is 113 Å². The first-order valence-corrected chi connectivity index (χ1v) is 6.20. The highest BCUT2D eigenvalue weighted by molar-refractivity contribution is 5.73. The Balaban J connectivity index is 2.50. The molecule has 1 aromatic heterocycles. The average molecular weight is 263 g/mol. The molecule has 0 unspecified atom stereocenters. The van der Waals surface area contributed by atoms with Crippen LogP contribution in [0.4, 0.5) is 4.79 Å². The smallest absolute Gasteiger partial charge is 0.410 e. The fourth-order valence-corrected chi connectivity index (χ4v) is 1.58. The van der Waals surface area contributed by atoms with Gasteiger partial charge in [-0.2, -0.15) is 0 Å². The van der Waals surface area contributed by atoms with Crippen molar-refractivity contribution in [1.29, 1.82) is 0 Å². The monoisotopic (exact) mass is 263 g/mol. The highest BCUT2D eigenvalue weighted by Crippen LogP contribution is 2.10. The van der Waals surface area contributed by atoms with E-state index in [4.69, 9.17) is 4.74 Å². The minimum Gasteiger partial charge on any atom is -0.445 e. The largest absolute Gasteiger partial charge is 0.445 e. The van der Waals surface area contributed by atoms with Crippen molar-refractivity contribution in [3.05, 3.63) is 30.1 Å². The van der Waals surface area contributed by atoms with Crippen molar-refractivity contribution in [2.24, 2.45) is 5.92 Å². The molecule has 0 aliphatic carbocycles. The van der Waals surface area contributed by atoms with Gasteiger partial charge in [-0.1, -0.05) is 13.8 Å². The van der Waals surface area contributed by atoms with Crippen LogP contribution in [0, 0.1) is 5.92 Å². The van der Waals surface area contributed by atoms with Crippen LogP contribution in [0.2, 0.25) is 0 Å². The number of hydrogen-bond donors (Lipinski definition) is 0. The number of nitrogens with zero attached hydrogens (tertiary/aromatic N) is 2. The molecule has 0 aliphatic rings. The molecule has 19 heavy (non-hydrogen) atoms. The van der Waals surface area contributed by atoms with E-state index in [9.17, 15) is 9.59 Å². The summed E-state index contributed by atoms with van der Waals surface area (Å²) in [6.07, 6.45) is 5.19. The molecule has 0 N–H and O–H groups in total. The van der Waals surface area contributed by atoms with Crippen LogP contribution < -0.4 is 0 Å². The molecule has 0 saturated carbocycles. The second-order valence-corrected chi connectivity index (χ2v) is 4.78. The van der Waals surface area contributed by atoms with Gasteiger partial charge in [0, 0.05) is 19.4 Å². The van der Waals surface area contributed by atoms with E-state index in [1.165, 1.54) is 4.90 Å². The minimum atomic E-state index is -0.565. The number of carbonyl (C=O) groups is 1. The lowest BCUT2D eigenvalue weighted by Gasteiger charge is -2.23. The van der Waals surface area contributed by atoms with Crippen LogP contribution in [0.1, 0.15) is 25.8 Å². The Morgan fingerprint density at radius 1 is 1.42 bits per heavy atom. The van der Waals surface area contributed by atoms with Gasteiger partial charge in [0.1, 0.15) is 12.6 Å². The summed E-state index contributed by atoms with van der Waals surface area (Å²) >= 11 is 0. The zero-order valence-electron chi connectivity index (χ0n) is 11.5. The molecule has 1 amide bonds. The van der Waals surface area contributed by atoms with Gasteiger partial charge in [0.15, 0.2) is 0 Å². The Morgan fingerprint density at radius 2 is 2.05 bits per heavy atom. The second-order valence-electron chi connectivity index (χ2n) is 4.78. The van der Waals surface area contributed by atoms with E-state index in [-0.39, 0.29) is 6.61 Å². The molecule has 1 rings (SSSR count). The van der Waals surface area contributed by atoms with Crippen molar-refractivity contribution in [2.45, 2.75) is 32.9 Å². The number of rotatable bonds is 6. The summed E-state index contributed by atoms with van der Waals surface area (Å²) < 4.78 is 5.13. The number of likely N-dealkylation sites (N-methyl/N-ethyl adjacent to an activating group) is 1. The number of ether oxygens (including phenoxy) is 1. The number of carbonyl (C=O) groups excluding carboxylic acids is 2. The predicted molar refractivity (Wildman–Crippen MR) is 71.1 cm³/mol. The van der Waals surface area contributed by atoms with E-state index in [2.05, 4.69) is 4.98 Å². The second kappa shape index (κ2) is 7.51. The number of aromatic nitrogens is 1. The van der Waals surface area contributed by atoms with E-state index in [1.54, 1.807) is 31.6 Å². The fraction of sp³-hybridized carbons (Fsp3) is 0.500. The van der Waals surface area contributed by atoms with Crippen LogP contribution in [0.3, 0.4) is 0 Å². The molecular weight excluding hydrogens is 244 g/mol. The first-order valence-electron chi connectivity index (χ1n) is 6.20. The average Bonchev–Trinajstić information content (AvgIpc) is 2.42. The van der Waals surface area contributed by atoms with Crippen molar-refractivity contribution in [3.63, 3.8) is 0 Å². The topological polar surface area (TPSA) is 59.5 Å². The molecular formula is C14H19N2O3. The lowest BCUT2D eigenvalue weighted by molar-refractivity contribution is 0.0962. The predicted octanol–water partition coefficient (Wildman–Crippen LogP) is 2.17. The van der Waals surface area contributed by atoms with Gasteiger partial charge in [0.25, 0.3) is 0 Å². The quantitative estimate of drug-likeness (QED) is 0.789. The maximum atomic E-state index is 11.8. The Morgan fingerprint density at radius 3 is 2.58 bits per heavy atom. The molecule has 0 saturated heterocycles. The Hall–Kier alpha value is -1.91. The molecule has 1 aromatic rings. The molecule has 0 spiro atoms. The van der Waals surface area contributed by atoms with Gasteiger partial charge in [-0.15, -0.1) is 0 Å². The number of hydrogen-bond acceptors (Lipinski definition) is 4. The molecule has 0 bridgehead atoms. The zero-order chi connectivity index (χ0) is 14.3. The molecule has 103 valence electrons. The molecule has 5 heteroatoms. The van der Waals surface area contributed by atoms with Crippen molar-refractivity contribution >= 4 is 12.4 Å². The first kappa shape index (κ1) is 15.1. The van der Waals surface area contributed by atoms with Gasteiger partial charge in [0.05, 0.1) is 0 Å². The van der Waals surface area contributed by atoms with Crippen LogP contribution >= 0.6 is 0 Å². The summed E-state index contributed by atoms with van der Waals surface area (Å²) in [5.41, 5.74) is 0.854.